The van der Waals surface area contributed by atoms with Gasteiger partial charge in [-0.05, 0) is 42.8 Å². The number of carbonyl (C=O) groups is 1. The largest absolute Gasteiger partial charge is 0.476 e. The minimum absolute atomic E-state index is 0.130. The standard InChI is InChI=1S/C23H17Cl3FN3O2S2/c1-10(2)33-22-19(12-4-5-16(25)17(26)8-12)28-23(34-22)30-20(21(31)32)18(11(3)29-30)13-6-14(24)9-15(27)7-13/h4-10H,1-3H3,(H,31,32). The van der Waals surface area contributed by atoms with Crippen LogP contribution in [0.1, 0.15) is 30.0 Å². The van der Waals surface area contributed by atoms with E-state index in [2.05, 4.69) is 18.9 Å². The van der Waals surface area contributed by atoms with Gasteiger partial charge in [0.2, 0.25) is 5.13 Å². The van der Waals surface area contributed by atoms with Crippen molar-refractivity contribution in [1.29, 1.82) is 0 Å². The molecule has 34 heavy (non-hydrogen) atoms. The highest BCUT2D eigenvalue weighted by molar-refractivity contribution is 8.01. The number of nitrogens with zero attached hydrogens (tertiary/aromatic N) is 3. The molecular weight excluding hydrogens is 540 g/mol. The van der Waals surface area contributed by atoms with Gasteiger partial charge in [-0.25, -0.2) is 14.2 Å². The third-order valence-corrected chi connectivity index (χ3v) is 7.92. The Morgan fingerprint density at radius 1 is 1.12 bits per heavy atom. The lowest BCUT2D eigenvalue weighted by atomic mass is 10.0. The zero-order chi connectivity index (χ0) is 24.7. The number of benzene rings is 2. The van der Waals surface area contributed by atoms with E-state index in [9.17, 15) is 14.3 Å². The molecule has 0 aliphatic rings. The number of carboxylic acid groups (broad SMARTS) is 1. The van der Waals surface area contributed by atoms with E-state index in [0.717, 1.165) is 15.8 Å². The summed E-state index contributed by atoms with van der Waals surface area (Å²) in [5, 5.41) is 16.1. The quantitative estimate of drug-likeness (QED) is 0.242. The topological polar surface area (TPSA) is 68.0 Å². The van der Waals surface area contributed by atoms with Crippen LogP contribution in [0.3, 0.4) is 0 Å². The van der Waals surface area contributed by atoms with Crippen LogP contribution in [0.4, 0.5) is 4.39 Å². The van der Waals surface area contributed by atoms with Gasteiger partial charge in [0.15, 0.2) is 5.69 Å². The van der Waals surface area contributed by atoms with Crippen LogP contribution in [0.25, 0.3) is 27.5 Å². The van der Waals surface area contributed by atoms with Crippen molar-refractivity contribution >= 4 is 63.9 Å². The Bertz CT molecular complexity index is 1400. The molecule has 176 valence electrons. The Balaban J connectivity index is 1.93. The highest BCUT2D eigenvalue weighted by Crippen LogP contribution is 2.42. The molecule has 0 saturated carbocycles. The van der Waals surface area contributed by atoms with Crippen molar-refractivity contribution in [3.05, 3.63) is 68.7 Å². The molecule has 0 radical (unpaired) electrons. The summed E-state index contributed by atoms with van der Waals surface area (Å²) in [5.74, 6) is -1.79. The van der Waals surface area contributed by atoms with Gasteiger partial charge in [-0.3, -0.25) is 0 Å². The summed E-state index contributed by atoms with van der Waals surface area (Å²) in [6.07, 6.45) is 0. The minimum atomic E-state index is -1.22. The lowest BCUT2D eigenvalue weighted by molar-refractivity contribution is 0.0688. The van der Waals surface area contributed by atoms with Crippen LogP contribution in [-0.2, 0) is 0 Å². The average Bonchev–Trinajstić information content (AvgIpc) is 3.30. The molecule has 2 aromatic heterocycles. The van der Waals surface area contributed by atoms with Gasteiger partial charge in [0.05, 0.1) is 25.6 Å². The molecule has 4 rings (SSSR count). The van der Waals surface area contributed by atoms with E-state index in [4.69, 9.17) is 39.8 Å². The van der Waals surface area contributed by atoms with Gasteiger partial charge < -0.3 is 5.11 Å². The SMILES string of the molecule is Cc1nn(-c2nc(-c3ccc(Cl)c(Cl)c3)c(SC(C)C)s2)c(C(=O)O)c1-c1cc(F)cc(Cl)c1. The highest BCUT2D eigenvalue weighted by Gasteiger charge is 2.27. The molecule has 0 atom stereocenters. The van der Waals surface area contributed by atoms with Crippen molar-refractivity contribution < 1.29 is 14.3 Å². The van der Waals surface area contributed by atoms with Crippen LogP contribution >= 0.6 is 57.9 Å². The first kappa shape index (κ1) is 25.0. The summed E-state index contributed by atoms with van der Waals surface area (Å²) in [6, 6.07) is 9.12. The molecule has 0 spiro atoms. The van der Waals surface area contributed by atoms with Gasteiger partial charge in [0, 0.05) is 21.4 Å². The Morgan fingerprint density at radius 3 is 2.47 bits per heavy atom. The Hall–Kier alpha value is -2.10. The number of carboxylic acids is 1. The van der Waals surface area contributed by atoms with E-state index >= 15 is 0 Å². The molecule has 5 nitrogen and oxygen atoms in total. The molecule has 4 aromatic rings. The molecule has 2 heterocycles. The lowest BCUT2D eigenvalue weighted by Crippen LogP contribution is -2.09. The third-order valence-electron chi connectivity index (χ3n) is 4.72. The molecule has 0 amide bonds. The van der Waals surface area contributed by atoms with Crippen LogP contribution < -0.4 is 0 Å². The molecular formula is C23H17Cl3FN3O2S2. The molecule has 0 unspecified atom stereocenters. The van der Waals surface area contributed by atoms with Gasteiger partial charge in [-0.1, -0.05) is 66.1 Å². The second-order valence-electron chi connectivity index (χ2n) is 7.61. The van der Waals surface area contributed by atoms with Gasteiger partial charge in [0.1, 0.15) is 5.82 Å². The number of hydrogen-bond donors (Lipinski definition) is 1. The Kier molecular flexibility index (Phi) is 7.26. The summed E-state index contributed by atoms with van der Waals surface area (Å²) in [4.78, 5) is 17.1. The maximum Gasteiger partial charge on any atom is 0.355 e. The minimum Gasteiger partial charge on any atom is -0.476 e. The molecule has 0 fully saturated rings. The molecule has 0 aliphatic carbocycles. The van der Waals surface area contributed by atoms with Crippen molar-refractivity contribution in [1.82, 2.24) is 14.8 Å². The van der Waals surface area contributed by atoms with Gasteiger partial charge in [0.25, 0.3) is 0 Å². The van der Waals surface area contributed by atoms with Gasteiger partial charge >= 0.3 is 5.97 Å². The summed E-state index contributed by atoms with van der Waals surface area (Å²) in [5.41, 5.74) is 2.27. The smallest absolute Gasteiger partial charge is 0.355 e. The molecule has 11 heteroatoms. The Labute approximate surface area is 218 Å². The van der Waals surface area contributed by atoms with Crippen LogP contribution in [-0.4, -0.2) is 31.1 Å². The number of rotatable bonds is 6. The Morgan fingerprint density at radius 2 is 1.85 bits per heavy atom. The fourth-order valence-electron chi connectivity index (χ4n) is 3.41. The van der Waals surface area contributed by atoms with E-state index in [1.54, 1.807) is 30.8 Å². The van der Waals surface area contributed by atoms with Crippen molar-refractivity contribution in [3.63, 3.8) is 0 Å². The molecule has 0 aliphatic heterocycles. The first-order chi connectivity index (χ1) is 16.0. The van der Waals surface area contributed by atoms with Crippen LogP contribution in [0, 0.1) is 12.7 Å². The number of aryl methyl sites for hydroxylation is 1. The summed E-state index contributed by atoms with van der Waals surface area (Å²) >= 11 is 21.2. The van der Waals surface area contributed by atoms with Gasteiger partial charge in [-0.15, -0.1) is 11.8 Å². The number of thioether (sulfide) groups is 1. The van der Waals surface area contributed by atoms with E-state index in [0.29, 0.717) is 32.1 Å². The predicted octanol–water partition coefficient (Wildman–Crippen LogP) is 8.27. The molecule has 2 aromatic carbocycles. The number of hydrogen-bond acceptors (Lipinski definition) is 5. The van der Waals surface area contributed by atoms with Gasteiger partial charge in [-0.2, -0.15) is 9.78 Å². The number of aromatic nitrogens is 3. The summed E-state index contributed by atoms with van der Waals surface area (Å²) in [6.45, 7) is 5.76. The predicted molar refractivity (Wildman–Crippen MR) is 138 cm³/mol. The van der Waals surface area contributed by atoms with Crippen LogP contribution in [0.5, 0.6) is 0 Å². The number of halogens is 4. The van der Waals surface area contributed by atoms with Crippen molar-refractivity contribution in [2.45, 2.75) is 30.2 Å². The molecule has 1 N–H and O–H groups in total. The fraction of sp³-hybridized carbons (Fsp3) is 0.174. The summed E-state index contributed by atoms with van der Waals surface area (Å²) in [7, 11) is 0. The summed E-state index contributed by atoms with van der Waals surface area (Å²) < 4.78 is 16.2. The third kappa shape index (κ3) is 4.97. The van der Waals surface area contributed by atoms with Crippen molar-refractivity contribution in [2.24, 2.45) is 0 Å². The first-order valence-electron chi connectivity index (χ1n) is 9.97. The number of aromatic carboxylic acids is 1. The highest BCUT2D eigenvalue weighted by atomic mass is 35.5. The molecule has 0 saturated heterocycles. The average molecular weight is 557 g/mol. The van der Waals surface area contributed by atoms with Crippen LogP contribution in [0.15, 0.2) is 40.6 Å². The van der Waals surface area contributed by atoms with Crippen LogP contribution in [0.2, 0.25) is 15.1 Å². The van der Waals surface area contributed by atoms with E-state index in [-0.39, 0.29) is 21.5 Å². The fourth-order valence-corrected chi connectivity index (χ4v) is 6.41. The monoisotopic (exact) mass is 555 g/mol. The maximum atomic E-state index is 14.0. The normalized spacial score (nSPS) is 11.4. The second kappa shape index (κ2) is 9.87. The van der Waals surface area contributed by atoms with E-state index in [1.165, 1.54) is 28.2 Å². The second-order valence-corrected chi connectivity index (χ2v) is 11.7. The van der Waals surface area contributed by atoms with Crippen molar-refractivity contribution in [3.8, 4) is 27.5 Å². The van der Waals surface area contributed by atoms with E-state index in [1.807, 2.05) is 6.07 Å². The lowest BCUT2D eigenvalue weighted by Gasteiger charge is -2.05. The van der Waals surface area contributed by atoms with E-state index < -0.39 is 11.8 Å². The number of thiazole rings is 1. The zero-order valence-corrected chi connectivity index (χ0v) is 22.0. The first-order valence-corrected chi connectivity index (χ1v) is 12.8. The molecule has 0 bridgehead atoms. The van der Waals surface area contributed by atoms with Crippen molar-refractivity contribution in [2.75, 3.05) is 0 Å². The maximum absolute atomic E-state index is 14.0. The zero-order valence-electron chi connectivity index (χ0n) is 18.1.